The van der Waals surface area contributed by atoms with Gasteiger partial charge in [-0.1, -0.05) is 18.2 Å². The SMILES string of the molecule is CC(C)(C)OC(=O)N(CCCCNC(=O)c1ccccc1)CCC(=O)Nc1ccc(O)cc1. The number of benzene rings is 2. The molecule has 2 rings (SSSR count). The lowest BCUT2D eigenvalue weighted by molar-refractivity contribution is -0.116. The maximum atomic E-state index is 12.6. The predicted molar refractivity (Wildman–Crippen MR) is 127 cm³/mol. The van der Waals surface area contributed by atoms with E-state index in [4.69, 9.17) is 4.74 Å². The zero-order chi connectivity index (χ0) is 24.3. The summed E-state index contributed by atoms with van der Waals surface area (Å²) in [4.78, 5) is 38.5. The fourth-order valence-electron chi connectivity index (χ4n) is 2.95. The van der Waals surface area contributed by atoms with E-state index >= 15 is 0 Å². The molecule has 2 aromatic carbocycles. The van der Waals surface area contributed by atoms with E-state index < -0.39 is 11.7 Å². The number of aromatic hydroxyl groups is 1. The van der Waals surface area contributed by atoms with Gasteiger partial charge >= 0.3 is 6.09 Å². The van der Waals surface area contributed by atoms with Gasteiger partial charge in [-0.25, -0.2) is 4.79 Å². The molecule has 0 saturated heterocycles. The molecule has 8 heteroatoms. The number of hydrogen-bond donors (Lipinski definition) is 3. The molecule has 0 aliphatic heterocycles. The van der Waals surface area contributed by atoms with Gasteiger partial charge in [-0.15, -0.1) is 0 Å². The molecule has 2 aromatic rings. The molecule has 0 radical (unpaired) electrons. The third-order valence-electron chi connectivity index (χ3n) is 4.59. The lowest BCUT2D eigenvalue weighted by Crippen LogP contribution is -2.39. The Labute approximate surface area is 194 Å². The van der Waals surface area contributed by atoms with Crippen molar-refractivity contribution < 1.29 is 24.2 Å². The van der Waals surface area contributed by atoms with Crippen molar-refractivity contribution in [1.29, 1.82) is 0 Å². The summed E-state index contributed by atoms with van der Waals surface area (Å²) in [5.41, 5.74) is 0.524. The highest BCUT2D eigenvalue weighted by Gasteiger charge is 2.22. The van der Waals surface area contributed by atoms with Crippen molar-refractivity contribution in [3.8, 4) is 5.75 Å². The molecule has 178 valence electrons. The summed E-state index contributed by atoms with van der Waals surface area (Å²) in [6, 6.07) is 15.2. The highest BCUT2D eigenvalue weighted by atomic mass is 16.6. The summed E-state index contributed by atoms with van der Waals surface area (Å²) >= 11 is 0. The maximum Gasteiger partial charge on any atom is 0.410 e. The van der Waals surface area contributed by atoms with Crippen LogP contribution in [0.15, 0.2) is 54.6 Å². The highest BCUT2D eigenvalue weighted by Crippen LogP contribution is 2.15. The molecule has 0 saturated carbocycles. The standard InChI is InChI=1S/C25H33N3O5/c1-25(2,3)33-24(32)28(18-15-22(30)27-20-11-13-21(29)14-12-20)17-8-7-16-26-23(31)19-9-5-4-6-10-19/h4-6,9-14,29H,7-8,15-18H2,1-3H3,(H,26,31)(H,27,30). The molecule has 0 aliphatic rings. The van der Waals surface area contributed by atoms with Gasteiger partial charge in [0.05, 0.1) is 0 Å². The Morgan fingerprint density at radius 3 is 2.24 bits per heavy atom. The minimum Gasteiger partial charge on any atom is -0.508 e. The average molecular weight is 456 g/mol. The molecule has 0 unspecified atom stereocenters. The van der Waals surface area contributed by atoms with Crippen LogP contribution in [0.1, 0.15) is 50.4 Å². The molecular weight excluding hydrogens is 422 g/mol. The maximum absolute atomic E-state index is 12.6. The Kier molecular flexibility index (Phi) is 9.72. The number of phenolic OH excluding ortho intramolecular Hbond substituents is 1. The van der Waals surface area contributed by atoms with Crippen LogP contribution < -0.4 is 10.6 Å². The van der Waals surface area contributed by atoms with Crippen molar-refractivity contribution in [3.63, 3.8) is 0 Å². The minimum atomic E-state index is -0.646. The highest BCUT2D eigenvalue weighted by molar-refractivity contribution is 5.94. The van der Waals surface area contributed by atoms with Gasteiger partial charge in [-0.3, -0.25) is 9.59 Å². The van der Waals surface area contributed by atoms with Crippen LogP contribution in [0.25, 0.3) is 0 Å². The van der Waals surface area contributed by atoms with Gasteiger partial charge in [0.2, 0.25) is 5.91 Å². The first-order valence-electron chi connectivity index (χ1n) is 11.0. The van der Waals surface area contributed by atoms with Crippen LogP contribution in [0, 0.1) is 0 Å². The van der Waals surface area contributed by atoms with Gasteiger partial charge < -0.3 is 25.4 Å². The van der Waals surface area contributed by atoms with E-state index in [1.807, 2.05) is 18.2 Å². The van der Waals surface area contributed by atoms with Crippen molar-refractivity contribution in [1.82, 2.24) is 10.2 Å². The molecule has 3 amide bonds. The number of hydrogen-bond acceptors (Lipinski definition) is 5. The average Bonchev–Trinajstić information content (AvgIpc) is 2.76. The number of nitrogens with zero attached hydrogens (tertiary/aromatic N) is 1. The van der Waals surface area contributed by atoms with E-state index in [2.05, 4.69) is 10.6 Å². The molecule has 0 spiro atoms. The fourth-order valence-corrected chi connectivity index (χ4v) is 2.95. The molecule has 3 N–H and O–H groups in total. The van der Waals surface area contributed by atoms with Crippen molar-refractivity contribution in [2.24, 2.45) is 0 Å². The summed E-state index contributed by atoms with van der Waals surface area (Å²) in [6.07, 6.45) is 0.948. The van der Waals surface area contributed by atoms with Crippen molar-refractivity contribution in [2.75, 3.05) is 25.0 Å². The monoisotopic (exact) mass is 455 g/mol. The third kappa shape index (κ3) is 10.1. The van der Waals surface area contributed by atoms with E-state index in [9.17, 15) is 19.5 Å². The lowest BCUT2D eigenvalue weighted by atomic mass is 10.2. The molecular formula is C25H33N3O5. The summed E-state index contributed by atoms with van der Waals surface area (Å²) in [5.74, 6) is -0.265. The van der Waals surface area contributed by atoms with Gasteiger partial charge in [0, 0.05) is 37.3 Å². The largest absolute Gasteiger partial charge is 0.508 e. The number of nitrogens with one attached hydrogen (secondary N) is 2. The Morgan fingerprint density at radius 2 is 1.61 bits per heavy atom. The van der Waals surface area contributed by atoms with Crippen molar-refractivity contribution in [2.45, 2.75) is 45.6 Å². The number of rotatable bonds is 10. The first-order chi connectivity index (χ1) is 15.6. The van der Waals surface area contributed by atoms with E-state index in [1.54, 1.807) is 45.0 Å². The Balaban J connectivity index is 1.81. The van der Waals surface area contributed by atoms with Crippen LogP contribution in [-0.2, 0) is 9.53 Å². The number of unbranched alkanes of at least 4 members (excludes halogenated alkanes) is 1. The van der Waals surface area contributed by atoms with E-state index in [1.165, 1.54) is 17.0 Å². The second kappa shape index (κ2) is 12.5. The fraction of sp³-hybridized carbons (Fsp3) is 0.400. The smallest absolute Gasteiger partial charge is 0.410 e. The number of amides is 3. The van der Waals surface area contributed by atoms with Gasteiger partial charge in [0.15, 0.2) is 0 Å². The van der Waals surface area contributed by atoms with Crippen LogP contribution >= 0.6 is 0 Å². The second-order valence-corrected chi connectivity index (χ2v) is 8.64. The third-order valence-corrected chi connectivity index (χ3v) is 4.59. The topological polar surface area (TPSA) is 108 Å². The van der Waals surface area contributed by atoms with Crippen LogP contribution in [-0.4, -0.2) is 53.1 Å². The quantitative estimate of drug-likeness (QED) is 0.368. The molecule has 0 bridgehead atoms. The summed E-state index contributed by atoms with van der Waals surface area (Å²) in [7, 11) is 0. The van der Waals surface area contributed by atoms with Gasteiger partial charge in [-0.2, -0.15) is 0 Å². The van der Waals surface area contributed by atoms with Crippen LogP contribution in [0.5, 0.6) is 5.75 Å². The summed E-state index contributed by atoms with van der Waals surface area (Å²) in [6.45, 7) is 6.47. The molecule has 0 aliphatic carbocycles. The minimum absolute atomic E-state index is 0.102. The van der Waals surface area contributed by atoms with E-state index in [-0.39, 0.29) is 30.5 Å². The molecule has 0 fully saturated rings. The second-order valence-electron chi connectivity index (χ2n) is 8.64. The Morgan fingerprint density at radius 1 is 0.939 bits per heavy atom. The number of ether oxygens (including phenoxy) is 1. The Bertz CT molecular complexity index is 908. The van der Waals surface area contributed by atoms with E-state index in [0.29, 0.717) is 37.2 Å². The van der Waals surface area contributed by atoms with Gasteiger partial charge in [0.1, 0.15) is 11.4 Å². The normalized spacial score (nSPS) is 10.9. The van der Waals surface area contributed by atoms with Gasteiger partial charge in [0.25, 0.3) is 5.91 Å². The summed E-state index contributed by atoms with van der Waals surface area (Å²) < 4.78 is 5.47. The first-order valence-corrected chi connectivity index (χ1v) is 11.0. The van der Waals surface area contributed by atoms with E-state index in [0.717, 1.165) is 0 Å². The number of carbonyl (C=O) groups excluding carboxylic acids is 3. The molecule has 0 aromatic heterocycles. The number of carbonyl (C=O) groups is 3. The molecule has 33 heavy (non-hydrogen) atoms. The van der Waals surface area contributed by atoms with Crippen molar-refractivity contribution in [3.05, 3.63) is 60.2 Å². The van der Waals surface area contributed by atoms with Crippen molar-refractivity contribution >= 4 is 23.6 Å². The molecule has 0 atom stereocenters. The summed E-state index contributed by atoms with van der Waals surface area (Å²) in [5, 5.41) is 14.9. The Hall–Kier alpha value is -3.55. The molecule has 0 heterocycles. The number of anilines is 1. The lowest BCUT2D eigenvalue weighted by Gasteiger charge is -2.27. The van der Waals surface area contributed by atoms with Crippen LogP contribution in [0.2, 0.25) is 0 Å². The molecule has 8 nitrogen and oxygen atoms in total. The predicted octanol–water partition coefficient (Wildman–Crippen LogP) is 4.17. The zero-order valence-corrected chi connectivity index (χ0v) is 19.5. The number of phenols is 1. The zero-order valence-electron chi connectivity index (χ0n) is 19.5. The van der Waals surface area contributed by atoms with Crippen LogP contribution in [0.3, 0.4) is 0 Å². The van der Waals surface area contributed by atoms with Crippen LogP contribution in [0.4, 0.5) is 10.5 Å². The van der Waals surface area contributed by atoms with Gasteiger partial charge in [-0.05, 0) is 70.0 Å². The first kappa shape index (κ1) is 25.7.